The SMILES string of the molecule is CC1CCC(C(Cc2ccc(F)c(F)c2)NN)O1. The van der Waals surface area contributed by atoms with Crippen LogP contribution in [0.5, 0.6) is 0 Å². The maximum Gasteiger partial charge on any atom is 0.159 e. The van der Waals surface area contributed by atoms with E-state index in [1.165, 1.54) is 6.07 Å². The summed E-state index contributed by atoms with van der Waals surface area (Å²) in [6, 6.07) is 3.83. The first-order valence-electron chi connectivity index (χ1n) is 6.15. The van der Waals surface area contributed by atoms with Crippen LogP contribution in [0.3, 0.4) is 0 Å². The molecule has 5 heteroatoms. The molecule has 100 valence electrons. The van der Waals surface area contributed by atoms with Crippen LogP contribution in [-0.2, 0) is 11.2 Å². The van der Waals surface area contributed by atoms with Gasteiger partial charge in [-0.2, -0.15) is 0 Å². The van der Waals surface area contributed by atoms with Crippen molar-refractivity contribution in [3.05, 3.63) is 35.4 Å². The van der Waals surface area contributed by atoms with Crippen LogP contribution in [0.2, 0.25) is 0 Å². The first-order chi connectivity index (χ1) is 8.60. The van der Waals surface area contributed by atoms with E-state index in [9.17, 15) is 8.78 Å². The summed E-state index contributed by atoms with van der Waals surface area (Å²) in [7, 11) is 0. The Morgan fingerprint density at radius 2 is 2.17 bits per heavy atom. The van der Waals surface area contributed by atoms with Crippen molar-refractivity contribution >= 4 is 0 Å². The molecule has 0 radical (unpaired) electrons. The van der Waals surface area contributed by atoms with E-state index in [1.54, 1.807) is 6.07 Å². The Morgan fingerprint density at radius 1 is 1.39 bits per heavy atom. The maximum absolute atomic E-state index is 13.1. The van der Waals surface area contributed by atoms with Crippen molar-refractivity contribution in [1.82, 2.24) is 5.43 Å². The normalized spacial score (nSPS) is 25.3. The summed E-state index contributed by atoms with van der Waals surface area (Å²) in [5.74, 6) is 3.85. The zero-order chi connectivity index (χ0) is 13.1. The molecular formula is C13H18F2N2O. The Hall–Kier alpha value is -1.04. The Kier molecular flexibility index (Phi) is 4.27. The maximum atomic E-state index is 13.1. The van der Waals surface area contributed by atoms with Gasteiger partial charge in [-0.25, -0.2) is 8.78 Å². The van der Waals surface area contributed by atoms with Crippen LogP contribution >= 0.6 is 0 Å². The molecule has 1 aliphatic rings. The summed E-state index contributed by atoms with van der Waals surface area (Å²) in [4.78, 5) is 0. The fourth-order valence-corrected chi connectivity index (χ4v) is 2.35. The van der Waals surface area contributed by atoms with Gasteiger partial charge in [0.25, 0.3) is 0 Å². The molecule has 1 fully saturated rings. The Balaban J connectivity index is 2.03. The van der Waals surface area contributed by atoms with Gasteiger partial charge in [0.15, 0.2) is 11.6 Å². The molecule has 3 N–H and O–H groups in total. The molecule has 18 heavy (non-hydrogen) atoms. The van der Waals surface area contributed by atoms with Gasteiger partial charge in [0.2, 0.25) is 0 Å². The summed E-state index contributed by atoms with van der Waals surface area (Å²) >= 11 is 0. The summed E-state index contributed by atoms with van der Waals surface area (Å²) < 4.78 is 31.7. The summed E-state index contributed by atoms with van der Waals surface area (Å²) in [5.41, 5.74) is 3.41. The van der Waals surface area contributed by atoms with Crippen LogP contribution in [-0.4, -0.2) is 18.2 Å². The highest BCUT2D eigenvalue weighted by Crippen LogP contribution is 2.23. The van der Waals surface area contributed by atoms with Gasteiger partial charge in [-0.05, 0) is 43.9 Å². The second kappa shape index (κ2) is 5.73. The van der Waals surface area contributed by atoms with Gasteiger partial charge in [-0.1, -0.05) is 6.07 Å². The van der Waals surface area contributed by atoms with Crippen molar-refractivity contribution in [2.45, 2.75) is 44.4 Å². The van der Waals surface area contributed by atoms with Crippen molar-refractivity contribution in [2.24, 2.45) is 5.84 Å². The van der Waals surface area contributed by atoms with Gasteiger partial charge in [-0.3, -0.25) is 11.3 Å². The van der Waals surface area contributed by atoms with Gasteiger partial charge in [-0.15, -0.1) is 0 Å². The molecule has 3 unspecified atom stereocenters. The zero-order valence-electron chi connectivity index (χ0n) is 10.3. The van der Waals surface area contributed by atoms with Crippen LogP contribution in [0, 0.1) is 11.6 Å². The van der Waals surface area contributed by atoms with Crippen molar-refractivity contribution in [2.75, 3.05) is 0 Å². The number of hydrazine groups is 1. The molecule has 0 bridgehead atoms. The van der Waals surface area contributed by atoms with E-state index in [1.807, 2.05) is 6.92 Å². The van der Waals surface area contributed by atoms with Crippen molar-refractivity contribution in [3.8, 4) is 0 Å². The summed E-state index contributed by atoms with van der Waals surface area (Å²) in [5, 5.41) is 0. The number of ether oxygens (including phenoxy) is 1. The van der Waals surface area contributed by atoms with E-state index < -0.39 is 11.6 Å². The lowest BCUT2D eigenvalue weighted by molar-refractivity contribution is 0.0320. The molecule has 0 aromatic heterocycles. The lowest BCUT2D eigenvalue weighted by Gasteiger charge is -2.23. The van der Waals surface area contributed by atoms with Crippen molar-refractivity contribution in [1.29, 1.82) is 0 Å². The van der Waals surface area contributed by atoms with Gasteiger partial charge < -0.3 is 4.74 Å². The van der Waals surface area contributed by atoms with Crippen LogP contribution < -0.4 is 11.3 Å². The fourth-order valence-electron chi connectivity index (χ4n) is 2.35. The predicted octanol–water partition coefficient (Wildman–Crippen LogP) is 1.91. The third-order valence-corrected chi connectivity index (χ3v) is 3.37. The van der Waals surface area contributed by atoms with E-state index in [-0.39, 0.29) is 18.2 Å². The average molecular weight is 256 g/mol. The quantitative estimate of drug-likeness (QED) is 0.639. The van der Waals surface area contributed by atoms with Gasteiger partial charge in [0.1, 0.15) is 0 Å². The average Bonchev–Trinajstić information content (AvgIpc) is 2.77. The minimum Gasteiger partial charge on any atom is -0.374 e. The highest BCUT2D eigenvalue weighted by molar-refractivity contribution is 5.19. The van der Waals surface area contributed by atoms with E-state index >= 15 is 0 Å². The van der Waals surface area contributed by atoms with E-state index in [2.05, 4.69) is 5.43 Å². The molecule has 1 aromatic carbocycles. The molecular weight excluding hydrogens is 238 g/mol. The summed E-state index contributed by atoms with van der Waals surface area (Å²) in [6.45, 7) is 2.02. The Labute approximate surface area is 105 Å². The lowest BCUT2D eigenvalue weighted by Crippen LogP contribution is -2.45. The number of halogens is 2. The molecule has 3 atom stereocenters. The molecule has 1 aromatic rings. The molecule has 1 aliphatic heterocycles. The highest BCUT2D eigenvalue weighted by Gasteiger charge is 2.29. The van der Waals surface area contributed by atoms with Crippen molar-refractivity contribution < 1.29 is 13.5 Å². The number of nitrogens with one attached hydrogen (secondary N) is 1. The number of rotatable bonds is 4. The molecule has 0 spiro atoms. The molecule has 1 saturated heterocycles. The van der Waals surface area contributed by atoms with Crippen LogP contribution in [0.15, 0.2) is 18.2 Å². The standard InChI is InChI=1S/C13H18F2N2O/c1-8-2-5-13(18-8)12(17-16)7-9-3-4-10(14)11(15)6-9/h3-4,6,8,12-13,17H,2,5,7,16H2,1H3. The van der Waals surface area contributed by atoms with E-state index in [4.69, 9.17) is 10.6 Å². The second-order valence-corrected chi connectivity index (χ2v) is 4.79. The molecule has 3 nitrogen and oxygen atoms in total. The van der Waals surface area contributed by atoms with E-state index in [0.29, 0.717) is 12.0 Å². The minimum atomic E-state index is -0.832. The number of nitrogens with two attached hydrogens (primary N) is 1. The molecule has 0 amide bonds. The van der Waals surface area contributed by atoms with Crippen LogP contribution in [0.4, 0.5) is 8.78 Å². The van der Waals surface area contributed by atoms with Crippen LogP contribution in [0.1, 0.15) is 25.3 Å². The van der Waals surface area contributed by atoms with Gasteiger partial charge >= 0.3 is 0 Å². The lowest BCUT2D eigenvalue weighted by atomic mass is 9.99. The Bertz CT molecular complexity index is 414. The first kappa shape index (κ1) is 13.4. The van der Waals surface area contributed by atoms with Crippen molar-refractivity contribution in [3.63, 3.8) is 0 Å². The van der Waals surface area contributed by atoms with Gasteiger partial charge in [0, 0.05) is 0 Å². The molecule has 2 rings (SSSR count). The number of hydrogen-bond donors (Lipinski definition) is 2. The topological polar surface area (TPSA) is 47.3 Å². The second-order valence-electron chi connectivity index (χ2n) is 4.79. The molecule has 1 heterocycles. The molecule has 0 saturated carbocycles. The zero-order valence-corrected chi connectivity index (χ0v) is 10.3. The van der Waals surface area contributed by atoms with Gasteiger partial charge in [0.05, 0.1) is 18.2 Å². The molecule has 0 aliphatic carbocycles. The third-order valence-electron chi connectivity index (χ3n) is 3.37. The predicted molar refractivity (Wildman–Crippen MR) is 64.7 cm³/mol. The highest BCUT2D eigenvalue weighted by atomic mass is 19.2. The number of benzene rings is 1. The summed E-state index contributed by atoms with van der Waals surface area (Å²) in [6.07, 6.45) is 2.71. The monoisotopic (exact) mass is 256 g/mol. The fraction of sp³-hybridized carbons (Fsp3) is 0.538. The smallest absolute Gasteiger partial charge is 0.159 e. The Morgan fingerprint density at radius 3 is 2.72 bits per heavy atom. The van der Waals surface area contributed by atoms with Crippen LogP contribution in [0.25, 0.3) is 0 Å². The number of hydrogen-bond acceptors (Lipinski definition) is 3. The minimum absolute atomic E-state index is 0.0260. The first-order valence-corrected chi connectivity index (χ1v) is 6.15. The third kappa shape index (κ3) is 3.04. The largest absolute Gasteiger partial charge is 0.374 e. The van der Waals surface area contributed by atoms with E-state index in [0.717, 1.165) is 18.9 Å².